The van der Waals surface area contributed by atoms with Crippen molar-refractivity contribution in [2.24, 2.45) is 0 Å². The van der Waals surface area contributed by atoms with Crippen molar-refractivity contribution in [3.63, 3.8) is 0 Å². The van der Waals surface area contributed by atoms with Crippen molar-refractivity contribution in [1.82, 2.24) is 15.2 Å². The Morgan fingerprint density at radius 2 is 1.90 bits per heavy atom. The Hall–Kier alpha value is -3.08. The quantitative estimate of drug-likeness (QED) is 0.330. The summed E-state index contributed by atoms with van der Waals surface area (Å²) >= 11 is 8.26. The number of fused-ring (bicyclic) bond motifs is 2. The fourth-order valence-electron chi connectivity index (χ4n) is 6.79. The van der Waals surface area contributed by atoms with Crippen molar-refractivity contribution in [3.8, 4) is 11.1 Å². The standard InChI is InChI=1S/C28H28ClFN4O2S.CH2O2/c29-17-8-16-2-1-7-33(19-13-28(32-14-19)11-18(30)12-28)26(16)22(9-17)21-5-6-31-23-10-20(37-27(21)23)15-34-24(35)3-4-25(34)36;2-1-3/h5-6,8-10,18-19,32H,1-4,7,11-15H2;1H,(H,2,3)/t18?,19-,28?;/m0./s1. The van der Waals surface area contributed by atoms with Crippen LogP contribution in [0.4, 0.5) is 10.1 Å². The fourth-order valence-corrected chi connectivity index (χ4v) is 8.16. The van der Waals surface area contributed by atoms with Crippen LogP contribution in [0.3, 0.4) is 0 Å². The maximum atomic E-state index is 13.8. The van der Waals surface area contributed by atoms with Crippen LogP contribution in [0.25, 0.3) is 21.3 Å². The summed E-state index contributed by atoms with van der Waals surface area (Å²) < 4.78 is 14.8. The molecule has 1 atom stereocenters. The number of thiophene rings is 1. The van der Waals surface area contributed by atoms with Gasteiger partial charge >= 0.3 is 0 Å². The molecule has 210 valence electrons. The second kappa shape index (κ2) is 10.7. The molecule has 5 heterocycles. The van der Waals surface area contributed by atoms with Gasteiger partial charge in [0.15, 0.2) is 0 Å². The SMILES string of the molecule is O=C1CCC(=O)N1Cc1cc2nccc(-c3cc(Cl)cc4c3N([C@@H]3CNC5(CC(F)C5)C3)CCC4)c2s1.O=CO. The van der Waals surface area contributed by atoms with Crippen LogP contribution in [0.5, 0.6) is 0 Å². The molecule has 0 bridgehead atoms. The van der Waals surface area contributed by atoms with E-state index in [-0.39, 0.29) is 23.8 Å². The van der Waals surface area contributed by atoms with Gasteiger partial charge in [0.2, 0.25) is 11.8 Å². The van der Waals surface area contributed by atoms with Crippen LogP contribution in [0.1, 0.15) is 49.0 Å². The van der Waals surface area contributed by atoms with E-state index in [0.29, 0.717) is 43.3 Å². The van der Waals surface area contributed by atoms with Crippen LogP contribution in [0, 0.1) is 0 Å². The van der Waals surface area contributed by atoms with Gasteiger partial charge in [0.25, 0.3) is 6.47 Å². The molecular weight excluding hydrogens is 555 g/mol. The lowest BCUT2D eigenvalue weighted by Crippen LogP contribution is -2.52. The lowest BCUT2D eigenvalue weighted by molar-refractivity contribution is -0.139. The number of carboxylic acid groups (broad SMARTS) is 1. The monoisotopic (exact) mass is 584 g/mol. The van der Waals surface area contributed by atoms with Crippen molar-refractivity contribution >= 4 is 57.1 Å². The van der Waals surface area contributed by atoms with Crippen LogP contribution >= 0.6 is 22.9 Å². The molecule has 1 saturated carbocycles. The molecule has 4 aliphatic rings. The highest BCUT2D eigenvalue weighted by Gasteiger charge is 2.50. The highest BCUT2D eigenvalue weighted by Crippen LogP contribution is 2.48. The van der Waals surface area contributed by atoms with Crippen molar-refractivity contribution in [1.29, 1.82) is 0 Å². The van der Waals surface area contributed by atoms with Gasteiger partial charge in [-0.1, -0.05) is 11.6 Å². The van der Waals surface area contributed by atoms with Gasteiger partial charge in [-0.05, 0) is 61.9 Å². The van der Waals surface area contributed by atoms with Crippen LogP contribution in [0.15, 0.2) is 30.5 Å². The number of nitrogens with one attached hydrogen (secondary N) is 1. The van der Waals surface area contributed by atoms with E-state index in [9.17, 15) is 14.0 Å². The number of aromatic nitrogens is 1. The fraction of sp³-hybridized carbons (Fsp3) is 0.448. The molecule has 3 aliphatic heterocycles. The molecule has 7 rings (SSSR count). The zero-order valence-corrected chi connectivity index (χ0v) is 23.4. The van der Waals surface area contributed by atoms with E-state index in [1.807, 2.05) is 18.3 Å². The van der Waals surface area contributed by atoms with Gasteiger partial charge in [-0.2, -0.15) is 0 Å². The average molecular weight is 585 g/mol. The van der Waals surface area contributed by atoms with E-state index in [1.54, 1.807) is 11.3 Å². The second-order valence-corrected chi connectivity index (χ2v) is 12.6. The Kier molecular flexibility index (Phi) is 7.27. The van der Waals surface area contributed by atoms with E-state index >= 15 is 0 Å². The number of carbonyl (C=O) groups excluding carboxylic acids is 2. The van der Waals surface area contributed by atoms with Crippen LogP contribution < -0.4 is 10.2 Å². The Bertz CT molecular complexity index is 1470. The van der Waals surface area contributed by atoms with E-state index < -0.39 is 6.17 Å². The van der Waals surface area contributed by atoms with E-state index in [4.69, 9.17) is 21.5 Å². The minimum atomic E-state index is -0.682. The Morgan fingerprint density at radius 3 is 2.62 bits per heavy atom. The lowest BCUT2D eigenvalue weighted by atomic mass is 9.73. The zero-order chi connectivity index (χ0) is 28.0. The Morgan fingerprint density at radius 1 is 1.15 bits per heavy atom. The molecule has 0 unspecified atom stereocenters. The first-order valence-corrected chi connectivity index (χ1v) is 14.8. The van der Waals surface area contributed by atoms with Gasteiger partial charge in [-0.15, -0.1) is 11.3 Å². The first-order chi connectivity index (χ1) is 19.3. The molecule has 1 aromatic carbocycles. The van der Waals surface area contributed by atoms with Crippen LogP contribution in [0.2, 0.25) is 5.02 Å². The van der Waals surface area contributed by atoms with Crippen molar-refractivity contribution in [2.45, 2.75) is 69.2 Å². The molecule has 0 radical (unpaired) electrons. The predicted molar refractivity (Wildman–Crippen MR) is 152 cm³/mol. The second-order valence-electron chi connectivity index (χ2n) is 11.0. The van der Waals surface area contributed by atoms with Gasteiger partial charge in [0.1, 0.15) is 6.17 Å². The molecule has 1 aliphatic carbocycles. The average Bonchev–Trinajstić information content (AvgIpc) is 3.62. The molecule has 2 amide bonds. The maximum absolute atomic E-state index is 13.8. The number of likely N-dealkylation sites (tertiary alicyclic amines) is 1. The number of nitrogens with zero attached hydrogens (tertiary/aromatic N) is 3. The lowest BCUT2D eigenvalue weighted by Gasteiger charge is -2.43. The Labute approximate surface area is 240 Å². The Balaban J connectivity index is 0.000000925. The number of halogens is 2. The van der Waals surface area contributed by atoms with Crippen molar-refractivity contribution in [2.75, 3.05) is 18.0 Å². The highest BCUT2D eigenvalue weighted by molar-refractivity contribution is 7.19. The van der Waals surface area contributed by atoms with Gasteiger partial charge in [-0.25, -0.2) is 4.39 Å². The number of hydrogen-bond donors (Lipinski definition) is 2. The first-order valence-electron chi connectivity index (χ1n) is 13.6. The predicted octanol–water partition coefficient (Wildman–Crippen LogP) is 4.95. The van der Waals surface area contributed by atoms with Crippen molar-refractivity contribution in [3.05, 3.63) is 45.9 Å². The number of rotatable bonds is 4. The summed E-state index contributed by atoms with van der Waals surface area (Å²) in [5.41, 5.74) is 5.45. The largest absolute Gasteiger partial charge is 0.483 e. The molecule has 2 aromatic heterocycles. The molecule has 2 N–H and O–H groups in total. The molecule has 3 fully saturated rings. The van der Waals surface area contributed by atoms with E-state index in [2.05, 4.69) is 27.3 Å². The third kappa shape index (κ3) is 4.86. The van der Waals surface area contributed by atoms with Crippen molar-refractivity contribution < 1.29 is 23.9 Å². The smallest absolute Gasteiger partial charge is 0.290 e. The molecule has 3 aromatic rings. The summed E-state index contributed by atoms with van der Waals surface area (Å²) in [5, 5.41) is 11.3. The third-order valence-corrected chi connectivity index (χ3v) is 9.87. The first kappa shape index (κ1) is 27.1. The number of benzene rings is 1. The summed E-state index contributed by atoms with van der Waals surface area (Å²) in [6.45, 7) is 1.87. The molecule has 40 heavy (non-hydrogen) atoms. The van der Waals surface area contributed by atoms with Gasteiger partial charge in [0.05, 0.1) is 16.8 Å². The third-order valence-electron chi connectivity index (χ3n) is 8.51. The number of pyridine rings is 1. The number of carbonyl (C=O) groups is 3. The molecular formula is C29H30ClFN4O4S. The number of alkyl halides is 1. The van der Waals surface area contributed by atoms with Crippen LogP contribution in [-0.2, 0) is 27.3 Å². The highest BCUT2D eigenvalue weighted by atomic mass is 35.5. The van der Waals surface area contributed by atoms with E-state index in [1.165, 1.54) is 16.2 Å². The maximum Gasteiger partial charge on any atom is 0.290 e. The van der Waals surface area contributed by atoms with E-state index in [0.717, 1.165) is 58.6 Å². The number of amides is 2. The number of aryl methyl sites for hydroxylation is 1. The molecule has 1 spiro atoms. The molecule has 11 heteroatoms. The topological polar surface area (TPSA) is 103 Å². The zero-order valence-electron chi connectivity index (χ0n) is 21.9. The summed E-state index contributed by atoms with van der Waals surface area (Å²) in [5.74, 6) is -0.215. The minimum absolute atomic E-state index is 0.0503. The van der Waals surface area contributed by atoms with Gasteiger partial charge in [0, 0.05) is 70.4 Å². The summed E-state index contributed by atoms with van der Waals surface area (Å²) in [6, 6.07) is 8.50. The minimum Gasteiger partial charge on any atom is -0.483 e. The van der Waals surface area contributed by atoms with Gasteiger partial charge in [-0.3, -0.25) is 24.3 Å². The number of anilines is 1. The van der Waals surface area contributed by atoms with Crippen LogP contribution in [-0.4, -0.2) is 64.1 Å². The number of imide groups is 1. The molecule has 8 nitrogen and oxygen atoms in total. The van der Waals surface area contributed by atoms with Gasteiger partial charge < -0.3 is 15.3 Å². The summed E-state index contributed by atoms with van der Waals surface area (Å²) in [7, 11) is 0. The number of hydrogen-bond acceptors (Lipinski definition) is 7. The summed E-state index contributed by atoms with van der Waals surface area (Å²) in [4.78, 5) is 42.2. The summed E-state index contributed by atoms with van der Waals surface area (Å²) in [6.07, 6.45) is 5.95. The normalized spacial score (nSPS) is 25.6. The molecule has 2 saturated heterocycles.